The normalized spacial score (nSPS) is 10.3. The number of amides is 1. The van der Waals surface area contributed by atoms with Gasteiger partial charge in [-0.05, 0) is 42.8 Å². The van der Waals surface area contributed by atoms with Crippen LogP contribution in [-0.4, -0.2) is 11.0 Å². The molecule has 0 aromatic heterocycles. The number of hydrogen-bond donors (Lipinski definition) is 2. The number of hydrogen-bond acceptors (Lipinski definition) is 2. The first kappa shape index (κ1) is 13.9. The van der Waals surface area contributed by atoms with Crippen molar-refractivity contribution in [2.24, 2.45) is 0 Å². The van der Waals surface area contributed by atoms with Crippen molar-refractivity contribution in [1.29, 1.82) is 0 Å². The van der Waals surface area contributed by atoms with E-state index in [-0.39, 0.29) is 11.7 Å². The number of phenolic OH excluding ortho intramolecular Hbond substituents is 1. The Morgan fingerprint density at radius 1 is 1.26 bits per heavy atom. The molecule has 0 spiro atoms. The molecule has 0 aliphatic heterocycles. The second kappa shape index (κ2) is 5.63. The zero-order valence-corrected chi connectivity index (χ0v) is 12.4. The van der Waals surface area contributed by atoms with Crippen LogP contribution in [0.25, 0.3) is 0 Å². The van der Waals surface area contributed by atoms with Crippen LogP contribution >= 0.6 is 27.5 Å². The lowest BCUT2D eigenvalue weighted by atomic mass is 10.2. The van der Waals surface area contributed by atoms with Gasteiger partial charge in [-0.3, -0.25) is 4.79 Å². The molecule has 0 atom stereocenters. The Kier molecular flexibility index (Phi) is 4.12. The molecule has 0 saturated carbocycles. The Labute approximate surface area is 124 Å². The third-order valence-corrected chi connectivity index (χ3v) is 3.40. The van der Waals surface area contributed by atoms with E-state index in [4.69, 9.17) is 11.6 Å². The molecule has 19 heavy (non-hydrogen) atoms. The van der Waals surface area contributed by atoms with Gasteiger partial charge in [-0.15, -0.1) is 0 Å². The largest absolute Gasteiger partial charge is 0.506 e. The molecule has 0 bridgehead atoms. The van der Waals surface area contributed by atoms with Gasteiger partial charge in [0.1, 0.15) is 5.75 Å². The Morgan fingerprint density at radius 2 is 2.00 bits per heavy atom. The lowest BCUT2D eigenvalue weighted by Crippen LogP contribution is -2.12. The summed E-state index contributed by atoms with van der Waals surface area (Å²) >= 11 is 9.26. The van der Waals surface area contributed by atoms with Gasteiger partial charge in [0.15, 0.2) is 0 Å². The maximum atomic E-state index is 12.1. The van der Waals surface area contributed by atoms with E-state index < -0.39 is 0 Å². The molecule has 98 valence electrons. The Balaban J connectivity index is 2.28. The first-order valence-electron chi connectivity index (χ1n) is 5.53. The van der Waals surface area contributed by atoms with Gasteiger partial charge < -0.3 is 10.4 Å². The molecule has 3 nitrogen and oxygen atoms in total. The number of benzene rings is 2. The predicted molar refractivity (Wildman–Crippen MR) is 79.9 cm³/mol. The molecule has 0 heterocycles. The molecule has 0 aliphatic rings. The van der Waals surface area contributed by atoms with Crippen molar-refractivity contribution < 1.29 is 9.90 Å². The number of rotatable bonds is 2. The van der Waals surface area contributed by atoms with E-state index in [1.54, 1.807) is 36.4 Å². The van der Waals surface area contributed by atoms with E-state index in [1.165, 1.54) is 0 Å². The van der Waals surface area contributed by atoms with Gasteiger partial charge in [0.05, 0.1) is 16.3 Å². The van der Waals surface area contributed by atoms with Crippen molar-refractivity contribution in [2.45, 2.75) is 6.92 Å². The molecular weight excluding hydrogens is 330 g/mol. The maximum Gasteiger partial charge on any atom is 0.257 e. The minimum Gasteiger partial charge on any atom is -0.506 e. The van der Waals surface area contributed by atoms with Crippen molar-refractivity contribution in [3.8, 4) is 5.75 Å². The van der Waals surface area contributed by atoms with Crippen LogP contribution in [-0.2, 0) is 0 Å². The molecule has 0 aliphatic carbocycles. The number of halogens is 2. The first-order chi connectivity index (χ1) is 8.97. The lowest BCUT2D eigenvalue weighted by molar-refractivity contribution is 0.102. The third-order valence-electron chi connectivity index (χ3n) is 2.57. The molecule has 0 saturated heterocycles. The molecule has 5 heteroatoms. The highest BCUT2D eigenvalue weighted by molar-refractivity contribution is 9.10. The van der Waals surface area contributed by atoms with Crippen LogP contribution in [0.1, 0.15) is 15.9 Å². The van der Waals surface area contributed by atoms with Crippen molar-refractivity contribution in [3.05, 3.63) is 57.0 Å². The van der Waals surface area contributed by atoms with Gasteiger partial charge in [0, 0.05) is 4.47 Å². The highest BCUT2D eigenvalue weighted by atomic mass is 79.9. The second-order valence-electron chi connectivity index (χ2n) is 4.10. The van der Waals surface area contributed by atoms with Crippen LogP contribution < -0.4 is 5.32 Å². The SMILES string of the molecule is Cc1ccc(NC(=O)c2cc(Br)ccc2Cl)c(O)c1. The molecule has 2 aromatic carbocycles. The zero-order chi connectivity index (χ0) is 14.0. The summed E-state index contributed by atoms with van der Waals surface area (Å²) in [5.41, 5.74) is 1.61. The topological polar surface area (TPSA) is 49.3 Å². The van der Waals surface area contributed by atoms with Gasteiger partial charge >= 0.3 is 0 Å². The molecule has 0 radical (unpaired) electrons. The summed E-state index contributed by atoms with van der Waals surface area (Å²) in [6.45, 7) is 1.86. The summed E-state index contributed by atoms with van der Waals surface area (Å²) in [6.07, 6.45) is 0. The van der Waals surface area contributed by atoms with E-state index in [9.17, 15) is 9.90 Å². The predicted octanol–water partition coefficient (Wildman–Crippen LogP) is 4.37. The maximum absolute atomic E-state index is 12.1. The number of aromatic hydroxyl groups is 1. The second-order valence-corrected chi connectivity index (χ2v) is 5.42. The summed E-state index contributed by atoms with van der Waals surface area (Å²) < 4.78 is 0.759. The van der Waals surface area contributed by atoms with E-state index in [2.05, 4.69) is 21.2 Å². The van der Waals surface area contributed by atoms with Crippen molar-refractivity contribution >= 4 is 39.1 Å². The Bertz CT molecular complexity index is 643. The first-order valence-corrected chi connectivity index (χ1v) is 6.70. The van der Waals surface area contributed by atoms with Crippen LogP contribution in [0.3, 0.4) is 0 Å². The van der Waals surface area contributed by atoms with Crippen LogP contribution in [0, 0.1) is 6.92 Å². The van der Waals surface area contributed by atoms with E-state index in [1.807, 2.05) is 6.92 Å². The number of anilines is 1. The van der Waals surface area contributed by atoms with E-state index >= 15 is 0 Å². The van der Waals surface area contributed by atoms with Gasteiger partial charge in [-0.1, -0.05) is 33.6 Å². The smallest absolute Gasteiger partial charge is 0.257 e. The monoisotopic (exact) mass is 339 g/mol. The summed E-state index contributed by atoms with van der Waals surface area (Å²) in [7, 11) is 0. The van der Waals surface area contributed by atoms with Gasteiger partial charge in [-0.25, -0.2) is 0 Å². The number of carbonyl (C=O) groups excluding carboxylic acids is 1. The Hall–Kier alpha value is -1.52. The summed E-state index contributed by atoms with van der Waals surface area (Å²) in [5.74, 6) is -0.343. The van der Waals surface area contributed by atoms with Gasteiger partial charge in [-0.2, -0.15) is 0 Å². The van der Waals surface area contributed by atoms with Crippen LogP contribution in [0.2, 0.25) is 5.02 Å². The Morgan fingerprint density at radius 3 is 2.68 bits per heavy atom. The number of carbonyl (C=O) groups is 1. The quantitative estimate of drug-likeness (QED) is 0.798. The zero-order valence-electron chi connectivity index (χ0n) is 10.1. The minimum absolute atomic E-state index is 0.0273. The molecule has 2 rings (SSSR count). The minimum atomic E-state index is -0.370. The molecule has 2 N–H and O–H groups in total. The highest BCUT2D eigenvalue weighted by Crippen LogP contribution is 2.26. The molecule has 2 aromatic rings. The lowest BCUT2D eigenvalue weighted by Gasteiger charge is -2.09. The van der Waals surface area contributed by atoms with Crippen molar-refractivity contribution in [1.82, 2.24) is 0 Å². The fourth-order valence-corrected chi connectivity index (χ4v) is 2.17. The summed E-state index contributed by atoms with van der Waals surface area (Å²) in [5, 5.41) is 12.7. The average Bonchev–Trinajstić information content (AvgIpc) is 2.35. The van der Waals surface area contributed by atoms with Gasteiger partial charge in [0.25, 0.3) is 5.91 Å². The number of aryl methyl sites for hydroxylation is 1. The average molecular weight is 341 g/mol. The molecular formula is C14H11BrClNO2. The van der Waals surface area contributed by atoms with Gasteiger partial charge in [0.2, 0.25) is 0 Å². The van der Waals surface area contributed by atoms with Crippen molar-refractivity contribution in [3.63, 3.8) is 0 Å². The summed E-state index contributed by atoms with van der Waals surface area (Å²) in [4.78, 5) is 12.1. The fourth-order valence-electron chi connectivity index (χ4n) is 1.61. The van der Waals surface area contributed by atoms with Crippen LogP contribution in [0.4, 0.5) is 5.69 Å². The third kappa shape index (κ3) is 3.28. The van der Waals surface area contributed by atoms with E-state index in [0.29, 0.717) is 16.3 Å². The number of phenols is 1. The summed E-state index contributed by atoms with van der Waals surface area (Å²) in [6, 6.07) is 10.0. The van der Waals surface area contributed by atoms with E-state index in [0.717, 1.165) is 10.0 Å². The molecule has 1 amide bonds. The fraction of sp³-hybridized carbons (Fsp3) is 0.0714. The standard InChI is InChI=1S/C14H11BrClNO2/c1-8-2-5-12(13(18)6-8)17-14(19)10-7-9(15)3-4-11(10)16/h2-7,18H,1H3,(H,17,19). The molecule has 0 unspecified atom stereocenters. The van der Waals surface area contributed by atoms with Crippen LogP contribution in [0.15, 0.2) is 40.9 Å². The van der Waals surface area contributed by atoms with Crippen LogP contribution in [0.5, 0.6) is 5.75 Å². The van der Waals surface area contributed by atoms with Crippen molar-refractivity contribution in [2.75, 3.05) is 5.32 Å². The number of nitrogens with one attached hydrogen (secondary N) is 1. The highest BCUT2D eigenvalue weighted by Gasteiger charge is 2.12. The molecule has 0 fully saturated rings.